The number of nitrogens with zero attached hydrogens (tertiary/aromatic N) is 2. The Kier molecular flexibility index (Phi) is 6.85. The van der Waals surface area contributed by atoms with Gasteiger partial charge in [-0.3, -0.25) is 9.69 Å². The van der Waals surface area contributed by atoms with Crippen molar-refractivity contribution in [2.45, 2.75) is 119 Å². The van der Waals surface area contributed by atoms with Crippen molar-refractivity contribution >= 4 is 5.91 Å². The van der Waals surface area contributed by atoms with Crippen LogP contribution in [0.5, 0.6) is 0 Å². The van der Waals surface area contributed by atoms with Crippen LogP contribution >= 0.6 is 0 Å². The van der Waals surface area contributed by atoms with Crippen LogP contribution in [0, 0.1) is 33.6 Å². The Morgan fingerprint density at radius 3 is 1.44 bits per heavy atom. The lowest BCUT2D eigenvalue weighted by Gasteiger charge is -2.57. The molecule has 0 bridgehead atoms. The maximum Gasteiger partial charge on any atom is 0.226 e. The molecule has 1 aromatic carbocycles. The molecule has 0 spiro atoms. The van der Waals surface area contributed by atoms with E-state index in [9.17, 15) is 4.79 Å². The second-order valence-corrected chi connectivity index (χ2v) is 12.5. The topological polar surface area (TPSA) is 23.6 Å². The average Bonchev–Trinajstić information content (AvgIpc) is 2.71. The van der Waals surface area contributed by atoms with Gasteiger partial charge < -0.3 is 4.90 Å². The highest BCUT2D eigenvalue weighted by molar-refractivity contribution is 5.78. The van der Waals surface area contributed by atoms with Gasteiger partial charge in [0.05, 0.1) is 0 Å². The van der Waals surface area contributed by atoms with E-state index in [4.69, 9.17) is 0 Å². The lowest BCUT2D eigenvalue weighted by Crippen LogP contribution is -2.66. The summed E-state index contributed by atoms with van der Waals surface area (Å²) in [5.74, 6) is 0.174. The molecule has 0 aliphatic carbocycles. The summed E-state index contributed by atoms with van der Waals surface area (Å²) in [4.78, 5) is 17.6. The van der Waals surface area contributed by atoms with Crippen molar-refractivity contribution in [2.24, 2.45) is 5.92 Å². The Morgan fingerprint density at radius 1 is 0.781 bits per heavy atom. The van der Waals surface area contributed by atoms with Crippen molar-refractivity contribution in [3.63, 3.8) is 0 Å². The van der Waals surface area contributed by atoms with Crippen LogP contribution < -0.4 is 0 Å². The Bertz CT molecular complexity index is 845. The Morgan fingerprint density at radius 2 is 1.12 bits per heavy atom. The minimum Gasteiger partial charge on any atom is -0.346 e. The van der Waals surface area contributed by atoms with Gasteiger partial charge in [0.1, 0.15) is 0 Å². The zero-order chi connectivity index (χ0) is 25.2. The molecule has 1 unspecified atom stereocenters. The standard InChI is InChI=1S/C29H50N2O/c1-16-30(15)25(32)18(2)17-31-28(11,12)26(7,8)23-21(5)19(3)20(4)22(6)24(23)27(9,10)29(31,13)14/h18H,16-17H2,1-15H3. The Balaban J connectivity index is 2.88. The summed E-state index contributed by atoms with van der Waals surface area (Å²) in [6.45, 7) is 34.1. The highest BCUT2D eigenvalue weighted by Gasteiger charge is 2.58. The van der Waals surface area contributed by atoms with Crippen LogP contribution in [-0.2, 0) is 15.6 Å². The third-order valence-corrected chi connectivity index (χ3v) is 10.1. The van der Waals surface area contributed by atoms with Gasteiger partial charge in [-0.05, 0) is 95.7 Å². The third kappa shape index (κ3) is 3.54. The smallest absolute Gasteiger partial charge is 0.226 e. The van der Waals surface area contributed by atoms with E-state index in [0.717, 1.165) is 13.1 Å². The predicted molar refractivity (Wildman–Crippen MR) is 139 cm³/mol. The van der Waals surface area contributed by atoms with Crippen molar-refractivity contribution in [3.05, 3.63) is 33.4 Å². The van der Waals surface area contributed by atoms with Gasteiger partial charge in [-0.2, -0.15) is 0 Å². The van der Waals surface area contributed by atoms with Gasteiger partial charge in [0.25, 0.3) is 0 Å². The summed E-state index contributed by atoms with van der Waals surface area (Å²) >= 11 is 0. The molecule has 2 rings (SSSR count). The monoisotopic (exact) mass is 442 g/mol. The minimum absolute atomic E-state index is 0.0584. The van der Waals surface area contributed by atoms with Crippen LogP contribution in [0.1, 0.15) is 103 Å². The van der Waals surface area contributed by atoms with Crippen molar-refractivity contribution in [2.75, 3.05) is 20.1 Å². The fraction of sp³-hybridized carbons (Fsp3) is 0.759. The molecule has 1 aliphatic heterocycles. The van der Waals surface area contributed by atoms with Gasteiger partial charge in [-0.15, -0.1) is 0 Å². The molecule has 3 heteroatoms. The molecule has 32 heavy (non-hydrogen) atoms. The van der Waals surface area contributed by atoms with Crippen molar-refractivity contribution in [3.8, 4) is 0 Å². The number of hydrogen-bond donors (Lipinski definition) is 0. The summed E-state index contributed by atoms with van der Waals surface area (Å²) < 4.78 is 0. The van der Waals surface area contributed by atoms with Crippen LogP contribution in [0.4, 0.5) is 0 Å². The minimum atomic E-state index is -0.156. The van der Waals surface area contributed by atoms with Gasteiger partial charge in [0, 0.05) is 48.0 Å². The third-order valence-electron chi connectivity index (χ3n) is 10.1. The normalized spacial score (nSPS) is 22.1. The molecule has 1 aromatic rings. The van der Waals surface area contributed by atoms with Crippen LogP contribution in [0.15, 0.2) is 0 Å². The van der Waals surface area contributed by atoms with Gasteiger partial charge in [-0.1, -0.05) is 34.6 Å². The molecule has 1 amide bonds. The summed E-state index contributed by atoms with van der Waals surface area (Å²) in [5, 5.41) is 0. The van der Waals surface area contributed by atoms with E-state index >= 15 is 0 Å². The molecule has 1 atom stereocenters. The Labute approximate surface area is 199 Å². The van der Waals surface area contributed by atoms with Crippen molar-refractivity contribution < 1.29 is 4.79 Å². The van der Waals surface area contributed by atoms with Crippen LogP contribution in [0.2, 0.25) is 0 Å². The Hall–Kier alpha value is -1.35. The molecule has 0 saturated heterocycles. The molecule has 182 valence electrons. The number of carbonyl (C=O) groups is 1. The fourth-order valence-electron chi connectivity index (χ4n) is 6.20. The molecule has 0 aromatic heterocycles. The van der Waals surface area contributed by atoms with Gasteiger partial charge >= 0.3 is 0 Å². The summed E-state index contributed by atoms with van der Waals surface area (Å²) in [6.07, 6.45) is 0. The van der Waals surface area contributed by atoms with E-state index in [-0.39, 0.29) is 33.7 Å². The number of rotatable bonds is 4. The van der Waals surface area contributed by atoms with Crippen LogP contribution in [0.3, 0.4) is 0 Å². The van der Waals surface area contributed by atoms with E-state index in [0.29, 0.717) is 0 Å². The van der Waals surface area contributed by atoms with E-state index < -0.39 is 0 Å². The molecule has 1 heterocycles. The van der Waals surface area contributed by atoms with Gasteiger partial charge in [0.2, 0.25) is 5.91 Å². The van der Waals surface area contributed by atoms with E-state index in [1.54, 1.807) is 0 Å². The van der Waals surface area contributed by atoms with Crippen molar-refractivity contribution in [1.29, 1.82) is 0 Å². The van der Waals surface area contributed by atoms with Gasteiger partial charge in [0.15, 0.2) is 0 Å². The molecule has 0 radical (unpaired) electrons. The fourth-order valence-corrected chi connectivity index (χ4v) is 6.20. The summed E-state index contributed by atoms with van der Waals surface area (Å²) in [7, 11) is 1.92. The average molecular weight is 443 g/mol. The number of benzene rings is 1. The van der Waals surface area contributed by atoms with E-state index in [1.165, 1.54) is 33.4 Å². The number of hydrogen-bond acceptors (Lipinski definition) is 2. The quantitative estimate of drug-likeness (QED) is 0.534. The zero-order valence-corrected chi connectivity index (χ0v) is 23.8. The first-order valence-electron chi connectivity index (χ1n) is 12.4. The first-order chi connectivity index (χ1) is 14.3. The molecule has 0 fully saturated rings. The van der Waals surface area contributed by atoms with E-state index in [1.807, 2.05) is 18.9 Å². The van der Waals surface area contributed by atoms with Gasteiger partial charge in [-0.25, -0.2) is 0 Å². The lowest BCUT2D eigenvalue weighted by atomic mass is 9.62. The molecule has 3 nitrogen and oxygen atoms in total. The second-order valence-electron chi connectivity index (χ2n) is 12.5. The first kappa shape index (κ1) is 26.9. The highest BCUT2D eigenvalue weighted by atomic mass is 16.2. The first-order valence-corrected chi connectivity index (χ1v) is 12.4. The lowest BCUT2D eigenvalue weighted by molar-refractivity contribution is -0.136. The highest BCUT2D eigenvalue weighted by Crippen LogP contribution is 2.56. The summed E-state index contributed by atoms with van der Waals surface area (Å²) in [6, 6.07) is 0. The molecular weight excluding hydrogens is 392 g/mol. The maximum atomic E-state index is 13.1. The number of amides is 1. The molecular formula is C29H50N2O. The number of carbonyl (C=O) groups excluding carboxylic acids is 1. The summed E-state index contributed by atoms with van der Waals surface area (Å²) in [5.41, 5.74) is 8.21. The van der Waals surface area contributed by atoms with Crippen molar-refractivity contribution in [1.82, 2.24) is 9.80 Å². The largest absolute Gasteiger partial charge is 0.346 e. The molecule has 0 saturated carbocycles. The SMILES string of the molecule is CCN(C)C(=O)C(C)CN1C(C)(C)C(C)(C)c2c(C)c(C)c(C)c(C)c2C(C)(C)C1(C)C. The molecule has 1 aliphatic rings. The van der Waals surface area contributed by atoms with Crippen LogP contribution in [0.25, 0.3) is 0 Å². The number of fused-ring (bicyclic) bond motifs is 1. The molecule has 0 N–H and O–H groups in total. The maximum absolute atomic E-state index is 13.1. The van der Waals surface area contributed by atoms with Crippen LogP contribution in [-0.4, -0.2) is 46.9 Å². The second kappa shape index (κ2) is 8.15. The zero-order valence-electron chi connectivity index (χ0n) is 23.8. The predicted octanol–water partition coefficient (Wildman–Crippen LogP) is 6.46. The van der Waals surface area contributed by atoms with E-state index in [2.05, 4.69) is 94.9 Å².